The molecule has 0 saturated carbocycles. The Balaban J connectivity index is 2.18. The third kappa shape index (κ3) is 2.63. The van der Waals surface area contributed by atoms with Crippen LogP contribution in [-0.2, 0) is 9.31 Å². The second kappa shape index (κ2) is 4.73. The quantitative estimate of drug-likeness (QED) is 0.754. The van der Waals surface area contributed by atoms with Gasteiger partial charge in [-0.3, -0.25) is 0 Å². The van der Waals surface area contributed by atoms with E-state index < -0.39 is 7.12 Å². The van der Waals surface area contributed by atoms with E-state index in [1.165, 1.54) is 0 Å². The number of hydrogen-bond donors (Lipinski definition) is 0. The van der Waals surface area contributed by atoms with Gasteiger partial charge in [0.1, 0.15) is 0 Å². The summed E-state index contributed by atoms with van der Waals surface area (Å²) in [5, 5.41) is 0. The lowest BCUT2D eigenvalue weighted by molar-refractivity contribution is 0.00578. The van der Waals surface area contributed by atoms with Gasteiger partial charge >= 0.3 is 7.12 Å². The van der Waals surface area contributed by atoms with Crippen molar-refractivity contribution < 1.29 is 9.31 Å². The molecule has 0 atom stereocenters. The van der Waals surface area contributed by atoms with Crippen LogP contribution in [-0.4, -0.2) is 18.3 Å². The Morgan fingerprint density at radius 1 is 1.06 bits per heavy atom. The van der Waals surface area contributed by atoms with Crippen LogP contribution < -0.4 is 0 Å². The molecule has 0 spiro atoms. The van der Waals surface area contributed by atoms with Crippen molar-refractivity contribution in [3.63, 3.8) is 0 Å². The largest absolute Gasteiger partial charge is 0.506 e. The minimum absolute atomic E-state index is 0.359. The maximum atomic E-state index is 6.29. The Hall–Kier alpha value is -0.765. The molecule has 4 heteroatoms. The Morgan fingerprint density at radius 2 is 1.56 bits per heavy atom. The highest BCUT2D eigenvalue weighted by Gasteiger charge is 2.52. The van der Waals surface area contributed by atoms with Crippen LogP contribution >= 0.6 is 11.6 Å². The van der Waals surface area contributed by atoms with Crippen LogP contribution in [0.1, 0.15) is 33.3 Å². The monoisotopic (exact) mass is 264 g/mol. The van der Waals surface area contributed by atoms with Crippen molar-refractivity contribution in [1.29, 1.82) is 0 Å². The van der Waals surface area contributed by atoms with Crippen LogP contribution in [0.5, 0.6) is 0 Å². The first-order valence-electron chi connectivity index (χ1n) is 6.10. The minimum atomic E-state index is -0.489. The molecular weight excluding hydrogens is 246 g/mol. The Labute approximate surface area is 114 Å². The fourth-order valence-corrected chi connectivity index (χ4v) is 1.95. The lowest BCUT2D eigenvalue weighted by Crippen LogP contribution is -2.41. The van der Waals surface area contributed by atoms with Crippen molar-refractivity contribution in [3.05, 3.63) is 40.8 Å². The minimum Gasteiger partial charge on any atom is -0.399 e. The molecule has 0 radical (unpaired) electrons. The molecule has 1 heterocycles. The summed E-state index contributed by atoms with van der Waals surface area (Å²) in [6.45, 7) is 8.05. The van der Waals surface area contributed by atoms with Gasteiger partial charge in [-0.25, -0.2) is 0 Å². The molecule has 0 bridgehead atoms. The van der Waals surface area contributed by atoms with E-state index in [2.05, 4.69) is 0 Å². The molecule has 2 nitrogen and oxygen atoms in total. The van der Waals surface area contributed by atoms with E-state index in [9.17, 15) is 0 Å². The summed E-state index contributed by atoms with van der Waals surface area (Å²) in [5.74, 6) is 0. The average Bonchev–Trinajstić information content (AvgIpc) is 2.50. The molecule has 0 aliphatic carbocycles. The van der Waals surface area contributed by atoms with E-state index in [1.54, 1.807) is 0 Å². The predicted octanol–water partition coefficient (Wildman–Crippen LogP) is 3.90. The van der Waals surface area contributed by atoms with Gasteiger partial charge in [-0.15, -0.1) is 0 Å². The van der Waals surface area contributed by atoms with Crippen molar-refractivity contribution in [3.8, 4) is 0 Å². The molecule has 1 fully saturated rings. The zero-order valence-electron chi connectivity index (χ0n) is 11.2. The summed E-state index contributed by atoms with van der Waals surface area (Å²) in [6, 6.07) is 9.90. The molecular formula is C14H18BClO2. The smallest absolute Gasteiger partial charge is 0.399 e. The zero-order chi connectivity index (χ0) is 13.4. The molecule has 1 aliphatic rings. The number of benzene rings is 1. The molecule has 0 N–H and O–H groups in total. The Kier molecular flexibility index (Phi) is 3.59. The predicted molar refractivity (Wildman–Crippen MR) is 76.4 cm³/mol. The summed E-state index contributed by atoms with van der Waals surface area (Å²) in [4.78, 5) is 0.569. The van der Waals surface area contributed by atoms with Crippen LogP contribution in [0.15, 0.2) is 35.3 Å². The second-order valence-corrected chi connectivity index (χ2v) is 5.96. The summed E-state index contributed by atoms with van der Waals surface area (Å²) in [6.07, 6.45) is 1.88. The van der Waals surface area contributed by atoms with Crippen LogP contribution in [0.3, 0.4) is 0 Å². The highest BCUT2D eigenvalue weighted by atomic mass is 35.5. The molecule has 0 aromatic heterocycles. The van der Waals surface area contributed by atoms with Crippen LogP contribution in [0.25, 0.3) is 6.08 Å². The molecule has 1 saturated heterocycles. The van der Waals surface area contributed by atoms with Gasteiger partial charge in [0.15, 0.2) is 0 Å². The molecule has 96 valence electrons. The third-order valence-corrected chi connectivity index (χ3v) is 3.87. The van der Waals surface area contributed by atoms with E-state index in [-0.39, 0.29) is 11.2 Å². The van der Waals surface area contributed by atoms with Gasteiger partial charge in [0.25, 0.3) is 0 Å². The molecule has 1 aromatic rings. The molecule has 18 heavy (non-hydrogen) atoms. The van der Waals surface area contributed by atoms with Crippen LogP contribution in [0, 0.1) is 0 Å². The van der Waals surface area contributed by atoms with Gasteiger partial charge in [-0.05, 0) is 39.3 Å². The summed E-state index contributed by atoms with van der Waals surface area (Å²) in [5.41, 5.74) is 0.321. The zero-order valence-corrected chi connectivity index (χ0v) is 12.0. The summed E-state index contributed by atoms with van der Waals surface area (Å²) < 4.78 is 11.8. The first kappa shape index (κ1) is 13.7. The van der Waals surface area contributed by atoms with Crippen molar-refractivity contribution >= 4 is 24.8 Å². The molecule has 0 amide bonds. The number of hydrogen-bond acceptors (Lipinski definition) is 2. The van der Waals surface area contributed by atoms with E-state index >= 15 is 0 Å². The lowest BCUT2D eigenvalue weighted by Gasteiger charge is -2.32. The van der Waals surface area contributed by atoms with Crippen molar-refractivity contribution in [2.24, 2.45) is 0 Å². The number of halogens is 1. The first-order valence-corrected chi connectivity index (χ1v) is 6.47. The Bertz CT molecular complexity index is 438. The van der Waals surface area contributed by atoms with Gasteiger partial charge in [0, 0.05) is 4.93 Å². The molecule has 0 unspecified atom stereocenters. The first-order chi connectivity index (χ1) is 8.32. The van der Waals surface area contributed by atoms with Crippen molar-refractivity contribution in [2.75, 3.05) is 0 Å². The van der Waals surface area contributed by atoms with E-state index in [0.717, 1.165) is 5.56 Å². The highest BCUT2D eigenvalue weighted by Crippen LogP contribution is 2.39. The van der Waals surface area contributed by atoms with E-state index in [4.69, 9.17) is 20.9 Å². The average molecular weight is 265 g/mol. The summed E-state index contributed by atoms with van der Waals surface area (Å²) >= 11 is 6.29. The topological polar surface area (TPSA) is 18.5 Å². The fraction of sp³-hybridized carbons (Fsp3) is 0.429. The van der Waals surface area contributed by atoms with E-state index in [1.807, 2.05) is 64.1 Å². The second-order valence-electron chi connectivity index (χ2n) is 5.53. The lowest BCUT2D eigenvalue weighted by atomic mass is 9.88. The van der Waals surface area contributed by atoms with Gasteiger partial charge in [0.05, 0.1) is 11.2 Å². The molecule has 1 aliphatic heterocycles. The maximum absolute atomic E-state index is 6.29. The van der Waals surface area contributed by atoms with Gasteiger partial charge in [-0.2, -0.15) is 0 Å². The molecule has 1 aromatic carbocycles. The maximum Gasteiger partial charge on any atom is 0.506 e. The van der Waals surface area contributed by atoms with Gasteiger partial charge in [0.2, 0.25) is 0 Å². The number of rotatable bonds is 2. The van der Waals surface area contributed by atoms with Crippen molar-refractivity contribution in [2.45, 2.75) is 38.9 Å². The van der Waals surface area contributed by atoms with E-state index in [0.29, 0.717) is 4.93 Å². The van der Waals surface area contributed by atoms with Crippen LogP contribution in [0.4, 0.5) is 0 Å². The standard InChI is InChI=1S/C14H18BClO2/c1-13(2)14(3,4)18-15(17-13)12(16)10-11-8-6-5-7-9-11/h5-10H,1-4H3/b12-10+. The fourth-order valence-electron chi connectivity index (χ4n) is 1.73. The highest BCUT2D eigenvalue weighted by molar-refractivity contribution is 6.71. The molecule has 2 rings (SSSR count). The Morgan fingerprint density at radius 3 is 2.06 bits per heavy atom. The van der Waals surface area contributed by atoms with Gasteiger partial charge in [-0.1, -0.05) is 41.9 Å². The van der Waals surface area contributed by atoms with Crippen LogP contribution in [0.2, 0.25) is 0 Å². The van der Waals surface area contributed by atoms with Gasteiger partial charge < -0.3 is 9.31 Å². The normalized spacial score (nSPS) is 22.3. The summed E-state index contributed by atoms with van der Waals surface area (Å²) in [7, 11) is -0.489. The SMILES string of the molecule is CC1(C)OB(/C(Cl)=C\c2ccccc2)OC1(C)C. The van der Waals surface area contributed by atoms with Crippen molar-refractivity contribution in [1.82, 2.24) is 0 Å². The third-order valence-electron chi connectivity index (χ3n) is 3.58.